The number of hydrogen-bond donors (Lipinski definition) is 0. The zero-order valence-electron chi connectivity index (χ0n) is 10.9. The van der Waals surface area contributed by atoms with E-state index in [1.54, 1.807) is 6.08 Å². The van der Waals surface area contributed by atoms with E-state index in [-0.39, 0.29) is 6.42 Å². The van der Waals surface area contributed by atoms with Crippen molar-refractivity contribution in [2.75, 3.05) is 27.1 Å². The van der Waals surface area contributed by atoms with Gasteiger partial charge in [-0.1, -0.05) is 12.2 Å². The number of ether oxygens (including phenoxy) is 1. The molecule has 0 aliphatic heterocycles. The smallest absolute Gasteiger partial charge is 0.357 e. The van der Waals surface area contributed by atoms with Crippen molar-refractivity contribution in [2.24, 2.45) is 0 Å². The molecule has 0 saturated heterocycles. The van der Waals surface area contributed by atoms with Gasteiger partial charge >= 0.3 is 13.6 Å². The summed E-state index contributed by atoms with van der Waals surface area (Å²) in [6.07, 6.45) is 3.19. The largest absolute Gasteiger partial charge is 0.467 e. The lowest BCUT2D eigenvalue weighted by molar-refractivity contribution is -0.141. The van der Waals surface area contributed by atoms with Crippen LogP contribution in [0.25, 0.3) is 0 Å². The number of methoxy groups -OCH3 is 1. The fourth-order valence-corrected chi connectivity index (χ4v) is 4.97. The van der Waals surface area contributed by atoms with Gasteiger partial charge in [0.2, 0.25) is 4.49 Å². The van der Waals surface area contributed by atoms with Gasteiger partial charge in [0, 0.05) is 26.4 Å². The van der Waals surface area contributed by atoms with Crippen LogP contribution in [0.2, 0.25) is 0 Å². The molecule has 0 N–H and O–H groups in total. The minimum absolute atomic E-state index is 0.108. The Balaban J connectivity index is 5.71. The molecule has 18 heavy (non-hydrogen) atoms. The van der Waals surface area contributed by atoms with E-state index in [1.165, 1.54) is 27.4 Å². The summed E-state index contributed by atoms with van der Waals surface area (Å²) in [5.41, 5.74) is 0. The second kappa shape index (κ2) is 7.79. The van der Waals surface area contributed by atoms with E-state index >= 15 is 0 Å². The summed E-state index contributed by atoms with van der Waals surface area (Å²) >= 11 is 1.11. The summed E-state index contributed by atoms with van der Waals surface area (Å²) in [6.45, 7) is 7.15. The van der Waals surface area contributed by atoms with Gasteiger partial charge in [-0.05, 0) is 0 Å². The second-order valence-corrected chi connectivity index (χ2v) is 7.34. The van der Waals surface area contributed by atoms with Gasteiger partial charge in [0.1, 0.15) is 0 Å². The van der Waals surface area contributed by atoms with Crippen molar-refractivity contribution in [3.05, 3.63) is 25.3 Å². The van der Waals surface area contributed by atoms with Crippen LogP contribution in [0.4, 0.5) is 0 Å². The molecule has 0 bridgehead atoms. The highest BCUT2D eigenvalue weighted by molar-refractivity contribution is 8.07. The maximum Gasteiger partial charge on any atom is 0.357 e. The van der Waals surface area contributed by atoms with Crippen LogP contribution in [-0.2, 0) is 23.1 Å². The first-order valence-corrected chi connectivity index (χ1v) is 7.66. The van der Waals surface area contributed by atoms with Gasteiger partial charge in [-0.15, -0.1) is 24.9 Å². The van der Waals surface area contributed by atoms with Gasteiger partial charge in [0.15, 0.2) is 0 Å². The van der Waals surface area contributed by atoms with E-state index in [9.17, 15) is 9.36 Å². The maximum atomic E-state index is 12.6. The van der Waals surface area contributed by atoms with Crippen LogP contribution in [0.5, 0.6) is 0 Å². The predicted octanol–water partition coefficient (Wildman–Crippen LogP) is 2.84. The molecule has 0 rings (SSSR count). The molecule has 0 amide bonds. The molecule has 0 heterocycles. The molecule has 0 spiro atoms. The third-order valence-electron chi connectivity index (χ3n) is 2.29. The van der Waals surface area contributed by atoms with Gasteiger partial charge in [-0.25, -0.2) is 4.79 Å². The van der Waals surface area contributed by atoms with Gasteiger partial charge in [0.05, 0.1) is 7.11 Å². The normalized spacial score (nSPS) is 14.6. The molecule has 7 heteroatoms. The Morgan fingerprint density at radius 2 is 1.83 bits per heavy atom. The molecule has 104 valence electrons. The molecule has 0 fully saturated rings. The van der Waals surface area contributed by atoms with E-state index in [0.29, 0.717) is 5.75 Å². The molecule has 0 aromatic carbocycles. The molecule has 5 nitrogen and oxygen atoms in total. The van der Waals surface area contributed by atoms with Crippen LogP contribution in [0, 0.1) is 0 Å². The van der Waals surface area contributed by atoms with Crippen LogP contribution >= 0.6 is 19.4 Å². The lowest BCUT2D eigenvalue weighted by Gasteiger charge is -2.33. The van der Waals surface area contributed by atoms with Crippen molar-refractivity contribution < 1.29 is 23.1 Å². The number of allylic oxidation sites excluding steroid dienone is 1. The number of thioether (sulfide) groups is 1. The molecule has 0 aliphatic carbocycles. The van der Waals surface area contributed by atoms with E-state index in [4.69, 9.17) is 13.8 Å². The van der Waals surface area contributed by atoms with E-state index in [2.05, 4.69) is 13.2 Å². The van der Waals surface area contributed by atoms with Crippen molar-refractivity contribution in [1.29, 1.82) is 0 Å². The molecule has 0 aromatic heterocycles. The fourth-order valence-electron chi connectivity index (χ4n) is 1.43. The molecule has 0 aromatic rings. The first kappa shape index (κ1) is 17.4. The Labute approximate surface area is 112 Å². The highest BCUT2D eigenvalue weighted by Crippen LogP contribution is 2.66. The van der Waals surface area contributed by atoms with Gasteiger partial charge in [0.25, 0.3) is 0 Å². The summed E-state index contributed by atoms with van der Waals surface area (Å²) in [7, 11) is 0.0260. The van der Waals surface area contributed by atoms with Crippen LogP contribution in [0.15, 0.2) is 25.3 Å². The third-order valence-corrected chi connectivity index (χ3v) is 6.77. The summed E-state index contributed by atoms with van der Waals surface area (Å²) in [4.78, 5) is 12.0. The zero-order valence-corrected chi connectivity index (χ0v) is 12.6. The molecule has 1 unspecified atom stereocenters. The van der Waals surface area contributed by atoms with Crippen molar-refractivity contribution in [3.63, 3.8) is 0 Å². The highest BCUT2D eigenvalue weighted by atomic mass is 32.2. The first-order valence-electron chi connectivity index (χ1n) is 5.13. The maximum absolute atomic E-state index is 12.6. The second-order valence-electron chi connectivity index (χ2n) is 3.23. The standard InChI is InChI=1S/C11H19O5PS/c1-6-8-11(10(12)14-3,18-9-7-2)17(13,15-4)16-5/h6-7H,1-2,8-9H2,3-5H3. The highest BCUT2D eigenvalue weighted by Gasteiger charge is 2.57. The molecular weight excluding hydrogens is 275 g/mol. The van der Waals surface area contributed by atoms with Crippen LogP contribution in [0.1, 0.15) is 6.42 Å². The number of carbonyl (C=O) groups excluding carboxylic acids is 1. The molecule has 1 atom stereocenters. The average molecular weight is 294 g/mol. The zero-order chi connectivity index (χ0) is 14.2. The van der Waals surface area contributed by atoms with Crippen molar-refractivity contribution >= 4 is 25.3 Å². The number of carbonyl (C=O) groups is 1. The van der Waals surface area contributed by atoms with Crippen molar-refractivity contribution in [3.8, 4) is 0 Å². The first-order chi connectivity index (χ1) is 8.47. The van der Waals surface area contributed by atoms with Crippen LogP contribution in [0.3, 0.4) is 0 Å². The minimum Gasteiger partial charge on any atom is -0.467 e. The van der Waals surface area contributed by atoms with Gasteiger partial charge < -0.3 is 13.8 Å². The lowest BCUT2D eigenvalue weighted by atomic mass is 10.3. The predicted molar refractivity (Wildman–Crippen MR) is 73.8 cm³/mol. The average Bonchev–Trinajstić information content (AvgIpc) is 2.41. The van der Waals surface area contributed by atoms with Crippen molar-refractivity contribution in [1.82, 2.24) is 0 Å². The Bertz CT molecular complexity index is 349. The van der Waals surface area contributed by atoms with E-state index in [1.807, 2.05) is 0 Å². The van der Waals surface area contributed by atoms with Crippen molar-refractivity contribution in [2.45, 2.75) is 10.9 Å². The van der Waals surface area contributed by atoms with Gasteiger partial charge in [-0.3, -0.25) is 4.57 Å². The number of esters is 1. The lowest BCUT2D eigenvalue weighted by Crippen LogP contribution is -2.37. The Morgan fingerprint density at radius 3 is 2.17 bits per heavy atom. The van der Waals surface area contributed by atoms with Crippen LogP contribution in [-0.4, -0.2) is 37.5 Å². The molecule has 0 aliphatic rings. The van der Waals surface area contributed by atoms with E-state index in [0.717, 1.165) is 11.8 Å². The topological polar surface area (TPSA) is 61.8 Å². The summed E-state index contributed by atoms with van der Waals surface area (Å²) in [6, 6.07) is 0. The Kier molecular flexibility index (Phi) is 7.55. The quantitative estimate of drug-likeness (QED) is 0.370. The van der Waals surface area contributed by atoms with E-state index < -0.39 is 18.1 Å². The molecular formula is C11H19O5PS. The Morgan fingerprint density at radius 1 is 1.28 bits per heavy atom. The SMILES string of the molecule is C=CCSC(CC=C)(C(=O)OC)P(=O)(OC)OC. The summed E-state index contributed by atoms with van der Waals surface area (Å²) in [5, 5.41) is 0. The van der Waals surface area contributed by atoms with Gasteiger partial charge in [-0.2, -0.15) is 0 Å². The van der Waals surface area contributed by atoms with Crippen LogP contribution < -0.4 is 0 Å². The third kappa shape index (κ3) is 3.26. The number of rotatable bonds is 9. The molecule has 0 radical (unpaired) electrons. The Hall–Kier alpha value is -0.550. The minimum atomic E-state index is -3.67. The fraction of sp³-hybridized carbons (Fsp3) is 0.545. The molecule has 0 saturated carbocycles. The summed E-state index contributed by atoms with van der Waals surface area (Å²) < 4.78 is 25.8. The summed E-state index contributed by atoms with van der Waals surface area (Å²) in [5.74, 6) is -0.263. The monoisotopic (exact) mass is 294 g/mol. The number of hydrogen-bond acceptors (Lipinski definition) is 6.